The summed E-state index contributed by atoms with van der Waals surface area (Å²) in [6.45, 7) is 3.50. The van der Waals surface area contributed by atoms with Gasteiger partial charge in [0.2, 0.25) is 6.79 Å². The third-order valence-electron chi connectivity index (χ3n) is 2.89. The monoisotopic (exact) mass is 225 g/mol. The Labute approximate surface area is 93.8 Å². The Morgan fingerprint density at radius 3 is 3.00 bits per heavy atom. The number of hydrogen-bond donors (Lipinski definition) is 1. The van der Waals surface area contributed by atoms with E-state index in [-0.39, 0.29) is 12.8 Å². The van der Waals surface area contributed by atoms with Crippen molar-refractivity contribution in [1.82, 2.24) is 0 Å². The van der Waals surface area contributed by atoms with Crippen molar-refractivity contribution in [3.8, 4) is 0 Å². The van der Waals surface area contributed by atoms with E-state index in [1.165, 1.54) is 6.92 Å². The van der Waals surface area contributed by atoms with E-state index in [1.807, 2.05) is 6.92 Å². The normalized spacial score (nSPS) is 27.8. The van der Waals surface area contributed by atoms with Gasteiger partial charge in [-0.15, -0.1) is 0 Å². The zero-order valence-electron chi connectivity index (χ0n) is 9.41. The van der Waals surface area contributed by atoms with Gasteiger partial charge >= 0.3 is 5.97 Å². The minimum atomic E-state index is -0.779. The molecule has 5 heteroatoms. The van der Waals surface area contributed by atoms with Crippen LogP contribution in [0.1, 0.15) is 26.7 Å². The summed E-state index contributed by atoms with van der Waals surface area (Å²) in [7, 11) is 0. The topological polar surface area (TPSA) is 70.8 Å². The number of carbonyl (C=O) groups is 1. The molecule has 0 saturated carbocycles. The first-order chi connectivity index (χ1) is 7.57. The van der Waals surface area contributed by atoms with E-state index in [2.05, 4.69) is 0 Å². The highest BCUT2D eigenvalue weighted by Gasteiger charge is 2.42. The van der Waals surface area contributed by atoms with E-state index in [0.717, 1.165) is 0 Å². The predicted molar refractivity (Wildman–Crippen MR) is 55.7 cm³/mol. The fraction of sp³-hybridized carbons (Fsp3) is 0.545. The molecule has 1 aliphatic heterocycles. The molecular formula is C11H15NO4. The quantitative estimate of drug-likeness (QED) is 0.714. The molecule has 88 valence electrons. The van der Waals surface area contributed by atoms with Crippen LogP contribution in [0.25, 0.3) is 0 Å². The summed E-state index contributed by atoms with van der Waals surface area (Å²) in [5.74, 6) is 1.01. The minimum Gasteiger partial charge on any atom is -0.458 e. The second kappa shape index (κ2) is 3.73. The van der Waals surface area contributed by atoms with E-state index >= 15 is 0 Å². The van der Waals surface area contributed by atoms with Crippen molar-refractivity contribution >= 4 is 5.97 Å². The molecule has 2 rings (SSSR count). The van der Waals surface area contributed by atoms with Gasteiger partial charge in [-0.25, -0.2) is 0 Å². The van der Waals surface area contributed by atoms with Crippen LogP contribution in [0.2, 0.25) is 0 Å². The number of ether oxygens (including phenoxy) is 3. The molecule has 0 aromatic carbocycles. The Kier molecular flexibility index (Phi) is 2.53. The van der Waals surface area contributed by atoms with Crippen LogP contribution in [0.3, 0.4) is 0 Å². The minimum absolute atomic E-state index is 0.203. The number of nitrogens with two attached hydrogens (primary N) is 1. The van der Waals surface area contributed by atoms with E-state index < -0.39 is 5.60 Å². The van der Waals surface area contributed by atoms with Gasteiger partial charge in [0.15, 0.2) is 11.4 Å². The lowest BCUT2D eigenvalue weighted by molar-refractivity contribution is -0.154. The lowest BCUT2D eigenvalue weighted by Crippen LogP contribution is -2.41. The Morgan fingerprint density at radius 2 is 2.38 bits per heavy atom. The second-order valence-corrected chi connectivity index (χ2v) is 3.91. The van der Waals surface area contributed by atoms with Gasteiger partial charge in [0.25, 0.3) is 0 Å². The van der Waals surface area contributed by atoms with Crippen molar-refractivity contribution in [3.63, 3.8) is 0 Å². The first-order valence-electron chi connectivity index (χ1n) is 5.23. The maximum atomic E-state index is 11.1. The molecule has 2 aliphatic rings. The molecule has 2 N–H and O–H groups in total. The van der Waals surface area contributed by atoms with Crippen molar-refractivity contribution < 1.29 is 19.0 Å². The molecule has 16 heavy (non-hydrogen) atoms. The Balaban J connectivity index is 2.30. The van der Waals surface area contributed by atoms with Crippen molar-refractivity contribution in [3.05, 3.63) is 23.3 Å². The fourth-order valence-corrected chi connectivity index (χ4v) is 1.98. The third kappa shape index (κ3) is 1.62. The lowest BCUT2D eigenvalue weighted by Gasteiger charge is -2.34. The maximum Gasteiger partial charge on any atom is 0.303 e. The summed E-state index contributed by atoms with van der Waals surface area (Å²) < 4.78 is 15.9. The SMILES string of the molecule is CCC1(OC(C)=O)CC2=C(C=C1N)OCO2. The molecule has 0 saturated heterocycles. The summed E-state index contributed by atoms with van der Waals surface area (Å²) in [6, 6.07) is 0. The third-order valence-corrected chi connectivity index (χ3v) is 2.89. The first-order valence-corrected chi connectivity index (χ1v) is 5.23. The van der Waals surface area contributed by atoms with Crippen LogP contribution in [0.5, 0.6) is 0 Å². The summed E-state index contributed by atoms with van der Waals surface area (Å²) in [6.07, 6.45) is 2.73. The maximum absolute atomic E-state index is 11.1. The average Bonchev–Trinajstić information content (AvgIpc) is 2.64. The van der Waals surface area contributed by atoms with Crippen LogP contribution >= 0.6 is 0 Å². The fourth-order valence-electron chi connectivity index (χ4n) is 1.98. The molecule has 1 heterocycles. The molecule has 5 nitrogen and oxygen atoms in total. The van der Waals surface area contributed by atoms with Crippen LogP contribution < -0.4 is 5.73 Å². The van der Waals surface area contributed by atoms with Gasteiger partial charge in [0, 0.05) is 13.0 Å². The van der Waals surface area contributed by atoms with Gasteiger partial charge in [-0.1, -0.05) is 6.92 Å². The van der Waals surface area contributed by atoms with Crippen molar-refractivity contribution in [2.75, 3.05) is 6.79 Å². The molecule has 1 aliphatic carbocycles. The average molecular weight is 225 g/mol. The number of rotatable bonds is 2. The summed E-state index contributed by atoms with van der Waals surface area (Å²) in [5.41, 5.74) is 5.67. The van der Waals surface area contributed by atoms with Gasteiger partial charge in [-0.2, -0.15) is 0 Å². The van der Waals surface area contributed by atoms with Crippen LogP contribution in [0.4, 0.5) is 0 Å². The summed E-state index contributed by atoms with van der Waals surface area (Å²) in [4.78, 5) is 11.1. The number of esters is 1. The van der Waals surface area contributed by atoms with Crippen molar-refractivity contribution in [2.24, 2.45) is 5.73 Å². The Hall–Kier alpha value is -1.65. The highest BCUT2D eigenvalue weighted by atomic mass is 16.7. The molecule has 0 radical (unpaired) electrons. The largest absolute Gasteiger partial charge is 0.458 e. The molecule has 1 unspecified atom stereocenters. The van der Waals surface area contributed by atoms with Gasteiger partial charge < -0.3 is 19.9 Å². The molecular weight excluding hydrogens is 210 g/mol. The number of allylic oxidation sites excluding steroid dienone is 1. The van der Waals surface area contributed by atoms with Crippen molar-refractivity contribution in [1.29, 1.82) is 0 Å². The van der Waals surface area contributed by atoms with E-state index in [1.54, 1.807) is 6.08 Å². The van der Waals surface area contributed by atoms with Crippen LogP contribution in [-0.2, 0) is 19.0 Å². The molecule has 0 amide bonds. The Bertz CT molecular complexity index is 385. The first kappa shape index (κ1) is 10.9. The van der Waals surface area contributed by atoms with Crippen molar-refractivity contribution in [2.45, 2.75) is 32.3 Å². The molecule has 1 atom stereocenters. The molecule has 0 aromatic rings. The highest BCUT2D eigenvalue weighted by molar-refractivity contribution is 5.67. The van der Waals surface area contributed by atoms with E-state index in [0.29, 0.717) is 30.1 Å². The van der Waals surface area contributed by atoms with Crippen LogP contribution in [-0.4, -0.2) is 18.4 Å². The summed E-state index contributed by atoms with van der Waals surface area (Å²) >= 11 is 0. The van der Waals surface area contributed by atoms with Gasteiger partial charge in [0.1, 0.15) is 5.76 Å². The standard InChI is InChI=1S/C11H15NO4/c1-3-11(16-7(2)13)5-9-8(4-10(11)12)14-6-15-9/h4H,3,5-6,12H2,1-2H3. The highest BCUT2D eigenvalue weighted by Crippen LogP contribution is 2.39. The van der Waals surface area contributed by atoms with Crippen LogP contribution in [0.15, 0.2) is 23.3 Å². The Morgan fingerprint density at radius 1 is 1.62 bits per heavy atom. The van der Waals surface area contributed by atoms with E-state index in [9.17, 15) is 4.79 Å². The van der Waals surface area contributed by atoms with Crippen LogP contribution in [0, 0.1) is 0 Å². The molecule has 0 spiro atoms. The second-order valence-electron chi connectivity index (χ2n) is 3.91. The summed E-state index contributed by atoms with van der Waals surface area (Å²) in [5, 5.41) is 0. The zero-order chi connectivity index (χ0) is 11.8. The van der Waals surface area contributed by atoms with Gasteiger partial charge in [-0.3, -0.25) is 4.79 Å². The molecule has 0 bridgehead atoms. The number of hydrogen-bond acceptors (Lipinski definition) is 5. The van der Waals surface area contributed by atoms with E-state index in [4.69, 9.17) is 19.9 Å². The predicted octanol–water partition coefficient (Wildman–Crippen LogP) is 1.16. The molecule has 0 fully saturated rings. The van der Waals surface area contributed by atoms with Gasteiger partial charge in [0.05, 0.1) is 12.1 Å². The lowest BCUT2D eigenvalue weighted by atomic mass is 9.87. The number of carbonyl (C=O) groups excluding carboxylic acids is 1. The zero-order valence-corrected chi connectivity index (χ0v) is 9.41. The molecule has 0 aromatic heterocycles. The smallest absolute Gasteiger partial charge is 0.303 e. The van der Waals surface area contributed by atoms with Gasteiger partial charge in [-0.05, 0) is 6.42 Å².